The molecule has 0 heterocycles. The number of unbranched alkanes of at least 4 members (excludes halogenated alkanes) is 21. The fourth-order valence-electron chi connectivity index (χ4n) is 8.04. The fourth-order valence-corrected chi connectivity index (χ4v) is 8.78. The quantitative estimate of drug-likeness (QED) is 0.0211. The highest BCUT2D eigenvalue weighted by Gasteiger charge is 2.27. The van der Waals surface area contributed by atoms with Crippen LogP contribution < -0.4 is 0 Å². The van der Waals surface area contributed by atoms with E-state index in [-0.39, 0.29) is 32.0 Å². The van der Waals surface area contributed by atoms with Gasteiger partial charge in [-0.2, -0.15) is 0 Å². The summed E-state index contributed by atoms with van der Waals surface area (Å²) in [4.78, 5) is 35.6. The molecule has 0 aliphatic heterocycles. The van der Waals surface area contributed by atoms with E-state index in [4.69, 9.17) is 18.5 Å². The van der Waals surface area contributed by atoms with Crippen molar-refractivity contribution < 1.29 is 42.1 Å². The second-order valence-corrected chi connectivity index (χ2v) is 22.8. The van der Waals surface area contributed by atoms with Gasteiger partial charge in [-0.1, -0.05) is 257 Å². The minimum Gasteiger partial charge on any atom is -0.462 e. The first-order valence-corrected chi connectivity index (χ1v) is 32.3. The van der Waals surface area contributed by atoms with E-state index in [1.807, 2.05) is 21.1 Å². The van der Waals surface area contributed by atoms with Gasteiger partial charge in [-0.05, 0) is 89.9 Å². The Balaban J connectivity index is 4.05. The van der Waals surface area contributed by atoms with E-state index in [0.717, 1.165) is 109 Å². The van der Waals surface area contributed by atoms with Gasteiger partial charge in [-0.15, -0.1) is 0 Å². The Labute approximate surface area is 473 Å². The van der Waals surface area contributed by atoms with Crippen LogP contribution in [0.5, 0.6) is 0 Å². The maximum Gasteiger partial charge on any atom is 0.472 e. The fraction of sp³-hybridized carbons (Fsp3) is 0.672. The highest BCUT2D eigenvalue weighted by Crippen LogP contribution is 2.43. The lowest BCUT2D eigenvalue weighted by Gasteiger charge is -2.24. The summed E-state index contributed by atoms with van der Waals surface area (Å²) in [5.74, 6) is -0.805. The Morgan fingerprint density at radius 1 is 0.416 bits per heavy atom. The van der Waals surface area contributed by atoms with Gasteiger partial charge in [0.15, 0.2) is 6.10 Å². The van der Waals surface area contributed by atoms with E-state index in [2.05, 4.69) is 135 Å². The van der Waals surface area contributed by atoms with Crippen LogP contribution in [0, 0.1) is 0 Å². The lowest BCUT2D eigenvalue weighted by atomic mass is 10.0. The zero-order chi connectivity index (χ0) is 56.3. The van der Waals surface area contributed by atoms with Crippen LogP contribution in [0.2, 0.25) is 0 Å². The average Bonchev–Trinajstić information content (AvgIpc) is 3.39. The van der Waals surface area contributed by atoms with Gasteiger partial charge in [0.1, 0.15) is 19.8 Å². The van der Waals surface area contributed by atoms with Crippen molar-refractivity contribution in [3.63, 3.8) is 0 Å². The molecule has 440 valence electrons. The standard InChI is InChI=1S/C67H114NO8P/c1-6-8-10-12-14-16-18-20-21-22-23-24-25-26-27-28-29-30-31-32-33-34-35-36-37-38-39-40-41-42-43-44-45-46-47-48-50-52-54-56-58-60-67(70)76-65(64-75-77(71,72)74-62-61-68(3,4)5)63-73-66(69)59-57-55-53-51-49-19-17-15-13-11-9-7-2/h8,10,14,16,20-21,23-24,26-27,29-30,32-33,35-36,38-39,41-42,65H,6-7,9,11-13,15,17-19,22,25,28,31,34,37,40,43-64H2,1-5H3/p+1/b10-8-,16-14-,21-20-,24-23-,27-26-,30-29-,33-32-,36-35-,39-38-,42-41-. The van der Waals surface area contributed by atoms with Gasteiger partial charge in [-0.25, -0.2) is 4.57 Å². The normalized spacial score (nSPS) is 14.1. The minimum atomic E-state index is -4.39. The molecule has 0 aromatic carbocycles. The third kappa shape index (κ3) is 61.5. The van der Waals surface area contributed by atoms with E-state index in [9.17, 15) is 19.0 Å². The molecule has 0 radical (unpaired) electrons. The SMILES string of the molecule is CC/C=C\C/C=C\C/C=C\C/C=C\C/C=C\C/C=C\C/C=C\C/C=C\C/C=C\C/C=C\CCCCCCCCCCCCC(=O)OC(COC(=O)CCCCCCCCCCCCCC)COP(=O)(O)OCC[N+](C)(C)C. The maximum absolute atomic E-state index is 12.8. The Hall–Kier alpha value is -3.59. The van der Waals surface area contributed by atoms with Crippen molar-refractivity contribution in [1.82, 2.24) is 0 Å². The first-order chi connectivity index (χ1) is 37.5. The third-order valence-electron chi connectivity index (χ3n) is 12.8. The number of phosphoric acid groups is 1. The number of rotatable bonds is 55. The molecule has 0 saturated carbocycles. The first kappa shape index (κ1) is 73.4. The van der Waals surface area contributed by atoms with Gasteiger partial charge in [0.25, 0.3) is 0 Å². The van der Waals surface area contributed by atoms with Crippen molar-refractivity contribution in [3.05, 3.63) is 122 Å². The number of carbonyl (C=O) groups is 2. The predicted molar refractivity (Wildman–Crippen MR) is 330 cm³/mol. The summed E-state index contributed by atoms with van der Waals surface area (Å²) < 4.78 is 34.5. The molecule has 77 heavy (non-hydrogen) atoms. The predicted octanol–water partition coefficient (Wildman–Crippen LogP) is 19.5. The number of nitrogens with zero attached hydrogens (tertiary/aromatic N) is 1. The summed E-state index contributed by atoms with van der Waals surface area (Å²) in [6.45, 7) is 4.30. The molecule has 2 atom stereocenters. The van der Waals surface area contributed by atoms with Crippen LogP contribution in [0.15, 0.2) is 122 Å². The van der Waals surface area contributed by atoms with Crippen molar-refractivity contribution in [2.24, 2.45) is 0 Å². The molecular formula is C67H115NO8P+. The monoisotopic (exact) mass is 1090 g/mol. The molecular weight excluding hydrogens is 978 g/mol. The molecule has 0 aromatic heterocycles. The van der Waals surface area contributed by atoms with E-state index in [1.54, 1.807) is 0 Å². The molecule has 0 amide bonds. The number of hydrogen-bond acceptors (Lipinski definition) is 7. The topological polar surface area (TPSA) is 108 Å². The van der Waals surface area contributed by atoms with Gasteiger partial charge >= 0.3 is 19.8 Å². The summed E-state index contributed by atoms with van der Waals surface area (Å²) in [7, 11) is 1.47. The van der Waals surface area contributed by atoms with Crippen molar-refractivity contribution in [2.45, 2.75) is 245 Å². The lowest BCUT2D eigenvalue weighted by Crippen LogP contribution is -2.37. The van der Waals surface area contributed by atoms with Crippen LogP contribution >= 0.6 is 7.82 Å². The second-order valence-electron chi connectivity index (χ2n) is 21.4. The van der Waals surface area contributed by atoms with Gasteiger partial charge in [0.05, 0.1) is 27.7 Å². The van der Waals surface area contributed by atoms with Gasteiger partial charge in [0.2, 0.25) is 0 Å². The summed E-state index contributed by atoms with van der Waals surface area (Å²) in [5.41, 5.74) is 0. The van der Waals surface area contributed by atoms with Gasteiger partial charge in [-0.3, -0.25) is 18.6 Å². The molecule has 0 rings (SSSR count). The van der Waals surface area contributed by atoms with E-state index in [0.29, 0.717) is 17.4 Å². The number of likely N-dealkylation sites (N-methyl/N-ethyl adjacent to an activating group) is 1. The molecule has 0 aromatic rings. The zero-order valence-electron chi connectivity index (χ0n) is 49.9. The van der Waals surface area contributed by atoms with E-state index < -0.39 is 26.5 Å². The molecule has 0 fully saturated rings. The van der Waals surface area contributed by atoms with Gasteiger partial charge in [0, 0.05) is 12.8 Å². The van der Waals surface area contributed by atoms with Crippen molar-refractivity contribution in [2.75, 3.05) is 47.5 Å². The van der Waals surface area contributed by atoms with Crippen LogP contribution in [-0.4, -0.2) is 74.9 Å². The Morgan fingerprint density at radius 3 is 1.10 bits per heavy atom. The first-order valence-electron chi connectivity index (χ1n) is 30.8. The molecule has 0 aliphatic rings. The lowest BCUT2D eigenvalue weighted by molar-refractivity contribution is -0.870. The Bertz CT molecular complexity index is 1710. The maximum atomic E-state index is 12.8. The van der Waals surface area contributed by atoms with Gasteiger partial charge < -0.3 is 18.9 Å². The van der Waals surface area contributed by atoms with Crippen molar-refractivity contribution in [1.29, 1.82) is 0 Å². The van der Waals surface area contributed by atoms with E-state index >= 15 is 0 Å². The molecule has 0 aliphatic carbocycles. The number of quaternary nitrogens is 1. The van der Waals surface area contributed by atoms with Crippen LogP contribution in [0.1, 0.15) is 239 Å². The number of allylic oxidation sites excluding steroid dienone is 20. The highest BCUT2D eigenvalue weighted by molar-refractivity contribution is 7.47. The largest absolute Gasteiger partial charge is 0.472 e. The summed E-state index contributed by atoms with van der Waals surface area (Å²) in [5, 5.41) is 0. The number of ether oxygens (including phenoxy) is 2. The molecule has 1 N–H and O–H groups in total. The number of esters is 2. The molecule has 0 saturated heterocycles. The Kier molecular flexibility index (Phi) is 54.4. The summed E-state index contributed by atoms with van der Waals surface area (Å²) in [6.07, 6.45) is 81.4. The molecule has 0 spiro atoms. The van der Waals surface area contributed by atoms with Crippen molar-refractivity contribution >= 4 is 19.8 Å². The molecule has 10 heteroatoms. The number of carbonyl (C=O) groups excluding carboxylic acids is 2. The third-order valence-corrected chi connectivity index (χ3v) is 13.7. The van der Waals surface area contributed by atoms with Crippen LogP contribution in [0.25, 0.3) is 0 Å². The zero-order valence-corrected chi connectivity index (χ0v) is 50.8. The van der Waals surface area contributed by atoms with Crippen LogP contribution in [0.3, 0.4) is 0 Å². The highest BCUT2D eigenvalue weighted by atomic mass is 31.2. The van der Waals surface area contributed by atoms with Crippen LogP contribution in [-0.2, 0) is 32.7 Å². The molecule has 9 nitrogen and oxygen atoms in total. The number of phosphoric ester groups is 1. The summed E-state index contributed by atoms with van der Waals surface area (Å²) >= 11 is 0. The smallest absolute Gasteiger partial charge is 0.462 e. The van der Waals surface area contributed by atoms with Crippen molar-refractivity contribution in [3.8, 4) is 0 Å². The molecule has 0 bridgehead atoms. The van der Waals surface area contributed by atoms with Crippen LogP contribution in [0.4, 0.5) is 0 Å². The number of hydrogen-bond donors (Lipinski definition) is 1. The molecule has 2 unspecified atom stereocenters. The minimum absolute atomic E-state index is 0.0273. The average molecular weight is 1090 g/mol. The second kappa shape index (κ2) is 57.1. The van der Waals surface area contributed by atoms with E-state index in [1.165, 1.54) is 96.3 Å². The summed E-state index contributed by atoms with van der Waals surface area (Å²) in [6, 6.07) is 0. The Morgan fingerprint density at radius 2 is 0.740 bits per heavy atom.